The Hall–Kier alpha value is -1.70. The molecule has 2 aromatic carbocycles. The van der Waals surface area contributed by atoms with Gasteiger partial charge in [0.1, 0.15) is 5.75 Å². The average Bonchev–Trinajstić information content (AvgIpc) is 2.89. The summed E-state index contributed by atoms with van der Waals surface area (Å²) in [6.07, 6.45) is 3.61. The van der Waals surface area contributed by atoms with Crippen LogP contribution < -0.4 is 10.1 Å². The standard InChI is InChI=1S/C25H36NO6PS/c1-4-6-14-25(5-2)18-34(30,31)23-16-20(13-10-15-33(27,28)29)22(32-3)17-21(23)24(26-25)19-11-8-7-9-12-19/h7-9,11-12,16-17,24,26H,4-6,10,13-15,18H2,1-3H3,(H2,27,28,29). The number of hydrogen-bond acceptors (Lipinski definition) is 5. The number of methoxy groups -OCH3 is 1. The van der Waals surface area contributed by atoms with Gasteiger partial charge >= 0.3 is 7.60 Å². The Morgan fingerprint density at radius 3 is 2.44 bits per heavy atom. The lowest BCUT2D eigenvalue weighted by molar-refractivity contribution is 0.294. The second-order valence-electron chi connectivity index (χ2n) is 9.18. The number of benzene rings is 2. The van der Waals surface area contributed by atoms with Crippen molar-refractivity contribution >= 4 is 17.4 Å². The minimum Gasteiger partial charge on any atom is -0.496 e. The van der Waals surface area contributed by atoms with Gasteiger partial charge in [-0.1, -0.05) is 57.0 Å². The Kier molecular flexibility index (Phi) is 8.64. The van der Waals surface area contributed by atoms with Gasteiger partial charge in [0.05, 0.1) is 30.0 Å². The van der Waals surface area contributed by atoms with Crippen molar-refractivity contribution in [3.8, 4) is 5.75 Å². The van der Waals surface area contributed by atoms with E-state index in [4.69, 9.17) is 4.74 Å². The number of ether oxygens (including phenoxy) is 1. The number of nitrogens with one attached hydrogen (secondary N) is 1. The highest BCUT2D eigenvalue weighted by molar-refractivity contribution is 7.91. The maximum Gasteiger partial charge on any atom is 0.325 e. The molecule has 2 unspecified atom stereocenters. The maximum atomic E-state index is 13.8. The van der Waals surface area contributed by atoms with Crippen LogP contribution in [-0.2, 0) is 20.8 Å². The molecule has 0 aromatic heterocycles. The van der Waals surface area contributed by atoms with E-state index in [1.165, 1.54) is 7.11 Å². The van der Waals surface area contributed by atoms with E-state index in [-0.39, 0.29) is 29.3 Å². The summed E-state index contributed by atoms with van der Waals surface area (Å²) in [5.74, 6) is 0.529. The highest BCUT2D eigenvalue weighted by Gasteiger charge is 2.42. The van der Waals surface area contributed by atoms with Crippen LogP contribution in [0.4, 0.5) is 0 Å². The van der Waals surface area contributed by atoms with Crippen molar-refractivity contribution in [3.05, 3.63) is 59.2 Å². The molecule has 2 atom stereocenters. The predicted molar refractivity (Wildman–Crippen MR) is 134 cm³/mol. The number of fused-ring (bicyclic) bond motifs is 1. The van der Waals surface area contributed by atoms with Crippen molar-refractivity contribution in [2.45, 2.75) is 68.8 Å². The summed E-state index contributed by atoms with van der Waals surface area (Å²) in [7, 11) is -6.25. The summed E-state index contributed by atoms with van der Waals surface area (Å²) in [5, 5.41) is 3.74. The zero-order valence-electron chi connectivity index (χ0n) is 20.2. The van der Waals surface area contributed by atoms with Gasteiger partial charge in [-0.15, -0.1) is 0 Å². The highest BCUT2D eigenvalue weighted by atomic mass is 32.2. The zero-order chi connectivity index (χ0) is 25.0. The van der Waals surface area contributed by atoms with E-state index in [1.54, 1.807) is 12.1 Å². The van der Waals surface area contributed by atoms with E-state index >= 15 is 0 Å². The number of rotatable bonds is 10. The number of hydrogen-bond donors (Lipinski definition) is 3. The third-order valence-corrected chi connectivity index (χ3v) is 9.54. The summed E-state index contributed by atoms with van der Waals surface area (Å²) in [6.45, 7) is 4.14. The van der Waals surface area contributed by atoms with Gasteiger partial charge in [-0.2, -0.15) is 0 Å². The third-order valence-electron chi connectivity index (χ3n) is 6.69. The van der Waals surface area contributed by atoms with E-state index in [1.807, 2.05) is 37.3 Å². The Morgan fingerprint density at radius 1 is 1.15 bits per heavy atom. The molecule has 0 saturated carbocycles. The Morgan fingerprint density at radius 2 is 1.85 bits per heavy atom. The van der Waals surface area contributed by atoms with Gasteiger partial charge in [0.2, 0.25) is 0 Å². The van der Waals surface area contributed by atoms with Crippen LogP contribution >= 0.6 is 7.60 Å². The fourth-order valence-corrected chi connectivity index (χ4v) is 7.53. The molecule has 1 heterocycles. The largest absolute Gasteiger partial charge is 0.496 e. The first-order valence-corrected chi connectivity index (χ1v) is 15.3. The lowest BCUT2D eigenvalue weighted by Crippen LogP contribution is -2.50. The SMILES string of the molecule is CCCCC1(CC)CS(=O)(=O)c2cc(CCCP(=O)(O)O)c(OC)cc2C(c2ccccc2)N1. The fraction of sp³-hybridized carbons (Fsp3) is 0.520. The molecule has 2 aromatic rings. The van der Waals surface area contributed by atoms with Crippen LogP contribution in [0.2, 0.25) is 0 Å². The normalized spacial score (nSPS) is 22.1. The van der Waals surface area contributed by atoms with Gasteiger partial charge in [-0.25, -0.2) is 8.42 Å². The summed E-state index contributed by atoms with van der Waals surface area (Å²) in [6, 6.07) is 12.9. The quantitative estimate of drug-likeness (QED) is 0.401. The monoisotopic (exact) mass is 509 g/mol. The molecular weight excluding hydrogens is 473 g/mol. The predicted octanol–water partition coefficient (Wildman–Crippen LogP) is 4.61. The zero-order valence-corrected chi connectivity index (χ0v) is 21.9. The molecule has 0 amide bonds. The molecular formula is C25H36NO6PS. The molecule has 3 N–H and O–H groups in total. The number of unbranched alkanes of at least 4 members (excludes halogenated alkanes) is 1. The van der Waals surface area contributed by atoms with E-state index in [2.05, 4.69) is 12.2 Å². The molecule has 0 radical (unpaired) electrons. The summed E-state index contributed by atoms with van der Waals surface area (Å²) in [4.78, 5) is 18.7. The van der Waals surface area contributed by atoms with Crippen molar-refractivity contribution in [3.63, 3.8) is 0 Å². The molecule has 1 aliphatic rings. The lowest BCUT2D eigenvalue weighted by Gasteiger charge is -2.36. The maximum absolute atomic E-state index is 13.8. The molecule has 1 aliphatic heterocycles. The first kappa shape index (κ1) is 26.9. The van der Waals surface area contributed by atoms with Crippen LogP contribution in [0.15, 0.2) is 47.4 Å². The molecule has 0 spiro atoms. The topological polar surface area (TPSA) is 113 Å². The molecule has 34 heavy (non-hydrogen) atoms. The van der Waals surface area contributed by atoms with Gasteiger partial charge in [0.15, 0.2) is 9.84 Å². The van der Waals surface area contributed by atoms with Crippen LogP contribution in [0.1, 0.15) is 68.7 Å². The van der Waals surface area contributed by atoms with Crippen LogP contribution in [0.3, 0.4) is 0 Å². The molecule has 7 nitrogen and oxygen atoms in total. The minimum atomic E-state index is -4.13. The number of sulfone groups is 1. The molecule has 0 aliphatic carbocycles. The Balaban J connectivity index is 2.16. The van der Waals surface area contributed by atoms with Gasteiger partial charge in [0.25, 0.3) is 0 Å². The molecule has 188 valence electrons. The molecule has 9 heteroatoms. The Labute approximate surface area is 203 Å². The molecule has 0 bridgehead atoms. The third kappa shape index (κ3) is 6.29. The van der Waals surface area contributed by atoms with Crippen molar-refractivity contribution in [1.82, 2.24) is 5.32 Å². The highest BCUT2D eigenvalue weighted by Crippen LogP contribution is 2.42. The van der Waals surface area contributed by atoms with Crippen molar-refractivity contribution in [1.29, 1.82) is 0 Å². The van der Waals surface area contributed by atoms with E-state index in [0.717, 1.165) is 24.8 Å². The molecule has 3 rings (SSSR count). The van der Waals surface area contributed by atoms with Crippen molar-refractivity contribution in [2.75, 3.05) is 19.0 Å². The Bertz CT molecular complexity index is 1130. The van der Waals surface area contributed by atoms with Crippen LogP contribution in [0.5, 0.6) is 5.75 Å². The summed E-state index contributed by atoms with van der Waals surface area (Å²) in [5.41, 5.74) is 1.70. The molecule has 0 saturated heterocycles. The van der Waals surface area contributed by atoms with E-state index < -0.39 is 23.0 Å². The lowest BCUT2D eigenvalue weighted by atomic mass is 9.87. The first-order valence-electron chi connectivity index (χ1n) is 11.8. The smallest absolute Gasteiger partial charge is 0.325 e. The fourth-order valence-electron chi connectivity index (χ4n) is 4.79. The summed E-state index contributed by atoms with van der Waals surface area (Å²) >= 11 is 0. The van der Waals surface area contributed by atoms with Crippen LogP contribution in [0.25, 0.3) is 0 Å². The second-order valence-corrected chi connectivity index (χ2v) is 12.9. The van der Waals surface area contributed by atoms with E-state index in [9.17, 15) is 22.8 Å². The second kappa shape index (κ2) is 10.9. The summed E-state index contributed by atoms with van der Waals surface area (Å²) < 4.78 is 44.5. The number of aryl methyl sites for hydroxylation is 1. The average molecular weight is 510 g/mol. The van der Waals surface area contributed by atoms with Crippen molar-refractivity contribution in [2.24, 2.45) is 0 Å². The van der Waals surface area contributed by atoms with Gasteiger partial charge < -0.3 is 14.5 Å². The van der Waals surface area contributed by atoms with Gasteiger partial charge in [-0.3, -0.25) is 9.88 Å². The van der Waals surface area contributed by atoms with E-state index in [0.29, 0.717) is 29.7 Å². The first-order chi connectivity index (χ1) is 16.0. The minimum absolute atomic E-state index is 0.00108. The molecule has 0 fully saturated rings. The van der Waals surface area contributed by atoms with Crippen LogP contribution in [0, 0.1) is 0 Å². The van der Waals surface area contributed by atoms with Gasteiger partial charge in [0, 0.05) is 5.54 Å². The van der Waals surface area contributed by atoms with Gasteiger partial charge in [-0.05, 0) is 54.5 Å². The van der Waals surface area contributed by atoms with Crippen molar-refractivity contribution < 1.29 is 27.5 Å². The van der Waals surface area contributed by atoms with Crippen LogP contribution in [-0.4, -0.2) is 42.8 Å².